The fraction of sp³-hybridized carbons (Fsp3) is 0.133. The van der Waals surface area contributed by atoms with Crippen LogP contribution in [0, 0.1) is 6.92 Å². The van der Waals surface area contributed by atoms with Gasteiger partial charge in [-0.05, 0) is 19.1 Å². The van der Waals surface area contributed by atoms with Crippen LogP contribution < -0.4 is 0 Å². The molecule has 0 aliphatic heterocycles. The molecule has 1 aromatic carbocycles. The predicted molar refractivity (Wildman–Crippen MR) is 80.2 cm³/mol. The second-order valence-electron chi connectivity index (χ2n) is 5.02. The van der Waals surface area contributed by atoms with Gasteiger partial charge in [0.2, 0.25) is 0 Å². The van der Waals surface area contributed by atoms with Gasteiger partial charge in [0, 0.05) is 13.2 Å². The first-order valence-corrected chi connectivity index (χ1v) is 6.72. The van der Waals surface area contributed by atoms with E-state index in [4.69, 9.17) is 0 Å². The molecule has 0 bridgehead atoms. The largest absolute Gasteiger partial charge is 0.335 e. The minimum absolute atomic E-state index is 0.809. The Morgan fingerprint density at radius 2 is 1.95 bits per heavy atom. The number of rotatable bonds is 2. The molecule has 0 saturated carbocycles. The lowest BCUT2D eigenvalue weighted by Gasteiger charge is -2.00. The van der Waals surface area contributed by atoms with E-state index in [1.165, 1.54) is 0 Å². The smallest absolute Gasteiger partial charge is 0.181 e. The first kappa shape index (κ1) is 11.9. The molecule has 0 aliphatic rings. The molecule has 3 heterocycles. The third-order valence-corrected chi connectivity index (χ3v) is 3.48. The summed E-state index contributed by atoms with van der Waals surface area (Å²) < 4.78 is 3.62. The number of hydrogen-bond donors (Lipinski definition) is 1. The van der Waals surface area contributed by atoms with Crippen LogP contribution in [-0.2, 0) is 7.05 Å². The van der Waals surface area contributed by atoms with Crippen LogP contribution in [0.5, 0.6) is 0 Å². The van der Waals surface area contributed by atoms with Crippen LogP contribution in [0.25, 0.3) is 28.2 Å². The lowest BCUT2D eigenvalue weighted by Crippen LogP contribution is -1.97. The average Bonchev–Trinajstić information content (AvgIpc) is 3.17. The Hall–Kier alpha value is -2.89. The minimum Gasteiger partial charge on any atom is -0.335 e. The third kappa shape index (κ3) is 1.84. The molecule has 21 heavy (non-hydrogen) atoms. The number of fused-ring (bicyclic) bond motifs is 1. The highest BCUT2D eigenvalue weighted by atomic mass is 15.3. The van der Waals surface area contributed by atoms with Gasteiger partial charge in [0.25, 0.3) is 0 Å². The van der Waals surface area contributed by atoms with Crippen molar-refractivity contribution < 1.29 is 0 Å². The second-order valence-corrected chi connectivity index (χ2v) is 5.02. The average molecular weight is 278 g/mol. The molecule has 0 radical (unpaired) electrons. The van der Waals surface area contributed by atoms with E-state index >= 15 is 0 Å². The van der Waals surface area contributed by atoms with Crippen molar-refractivity contribution in [2.45, 2.75) is 6.92 Å². The molecule has 4 aromatic rings. The van der Waals surface area contributed by atoms with Gasteiger partial charge in [0.05, 0.1) is 23.1 Å². The van der Waals surface area contributed by atoms with E-state index < -0.39 is 0 Å². The van der Waals surface area contributed by atoms with Crippen LogP contribution in [0.3, 0.4) is 0 Å². The number of hydrogen-bond acceptors (Lipinski definition) is 3. The van der Waals surface area contributed by atoms with E-state index in [2.05, 4.69) is 20.2 Å². The van der Waals surface area contributed by atoms with Gasteiger partial charge in [0.1, 0.15) is 11.3 Å². The van der Waals surface area contributed by atoms with Gasteiger partial charge in [0.15, 0.2) is 5.65 Å². The van der Waals surface area contributed by atoms with Gasteiger partial charge in [-0.1, -0.05) is 18.2 Å². The fourth-order valence-electron chi connectivity index (χ4n) is 2.45. The number of imidazole rings is 1. The second kappa shape index (κ2) is 4.31. The van der Waals surface area contributed by atoms with E-state index in [0.717, 1.165) is 33.9 Å². The summed E-state index contributed by atoms with van der Waals surface area (Å²) >= 11 is 0. The van der Waals surface area contributed by atoms with Crippen molar-refractivity contribution in [2.75, 3.05) is 0 Å². The van der Waals surface area contributed by atoms with Gasteiger partial charge in [-0.3, -0.25) is 4.68 Å². The van der Waals surface area contributed by atoms with Crippen LogP contribution in [0.15, 0.2) is 42.7 Å². The molecule has 104 valence electrons. The van der Waals surface area contributed by atoms with Crippen molar-refractivity contribution in [1.29, 1.82) is 0 Å². The zero-order valence-electron chi connectivity index (χ0n) is 11.8. The van der Waals surface area contributed by atoms with Gasteiger partial charge >= 0.3 is 0 Å². The molecule has 0 atom stereocenters. The Morgan fingerprint density at radius 3 is 2.67 bits per heavy atom. The molecule has 0 aliphatic carbocycles. The van der Waals surface area contributed by atoms with E-state index in [-0.39, 0.29) is 0 Å². The van der Waals surface area contributed by atoms with Crippen molar-refractivity contribution >= 4 is 11.2 Å². The van der Waals surface area contributed by atoms with Crippen LogP contribution in [0.2, 0.25) is 0 Å². The molecule has 6 heteroatoms. The first-order chi connectivity index (χ1) is 10.2. The molecule has 6 nitrogen and oxygen atoms in total. The van der Waals surface area contributed by atoms with Crippen LogP contribution in [0.1, 0.15) is 5.69 Å². The number of aromatic amines is 1. The van der Waals surface area contributed by atoms with Gasteiger partial charge < -0.3 is 4.98 Å². The van der Waals surface area contributed by atoms with Gasteiger partial charge in [-0.15, -0.1) is 0 Å². The molecule has 0 unspecified atom stereocenters. The maximum atomic E-state index is 4.69. The number of aromatic nitrogens is 6. The fourth-order valence-corrected chi connectivity index (χ4v) is 2.45. The highest BCUT2D eigenvalue weighted by Gasteiger charge is 2.15. The van der Waals surface area contributed by atoms with Gasteiger partial charge in [-0.2, -0.15) is 10.2 Å². The first-order valence-electron chi connectivity index (χ1n) is 6.72. The lowest BCUT2D eigenvalue weighted by atomic mass is 10.3. The molecule has 0 saturated heterocycles. The maximum Gasteiger partial charge on any atom is 0.181 e. The highest BCUT2D eigenvalue weighted by molar-refractivity contribution is 5.80. The number of H-pyrrole nitrogens is 1. The summed E-state index contributed by atoms with van der Waals surface area (Å²) in [7, 11) is 1.89. The summed E-state index contributed by atoms with van der Waals surface area (Å²) in [4.78, 5) is 8.02. The Labute approximate surface area is 121 Å². The standard InChI is InChI=1S/C15H14N6/c1-10-13-15(21(19-10)12-6-4-3-5-7-12)18-14(17-13)11-8-16-20(2)9-11/h3-9H,1-2H3,(H,17,18). The Balaban J connectivity index is 1.92. The van der Waals surface area contributed by atoms with Crippen molar-refractivity contribution in [3.05, 3.63) is 48.4 Å². The Morgan fingerprint density at radius 1 is 1.14 bits per heavy atom. The number of benzene rings is 1. The molecule has 3 aromatic heterocycles. The van der Waals surface area contributed by atoms with Crippen molar-refractivity contribution in [2.24, 2.45) is 7.05 Å². The summed E-state index contributed by atoms with van der Waals surface area (Å²) in [5.41, 5.74) is 4.68. The van der Waals surface area contributed by atoms with Crippen molar-refractivity contribution in [1.82, 2.24) is 29.5 Å². The summed E-state index contributed by atoms with van der Waals surface area (Å²) in [5, 5.41) is 8.75. The van der Waals surface area contributed by atoms with E-state index in [1.807, 2.05) is 55.2 Å². The van der Waals surface area contributed by atoms with Crippen LogP contribution in [0.4, 0.5) is 0 Å². The monoisotopic (exact) mass is 278 g/mol. The van der Waals surface area contributed by atoms with E-state index in [1.54, 1.807) is 10.9 Å². The summed E-state index contributed by atoms with van der Waals surface area (Å²) in [6.07, 6.45) is 3.74. The van der Waals surface area contributed by atoms with Crippen molar-refractivity contribution in [3.8, 4) is 17.1 Å². The molecule has 0 amide bonds. The maximum absolute atomic E-state index is 4.69. The number of nitrogens with zero attached hydrogens (tertiary/aromatic N) is 5. The SMILES string of the molecule is Cc1nn(-c2ccccc2)c2nc(-c3cnn(C)c3)[nH]c12. The molecule has 4 rings (SSSR count). The number of para-hydroxylation sites is 1. The Bertz CT molecular complexity index is 912. The summed E-state index contributed by atoms with van der Waals surface area (Å²) in [5.74, 6) is 0.809. The summed E-state index contributed by atoms with van der Waals surface area (Å²) in [6, 6.07) is 10.0. The molecular weight excluding hydrogens is 264 g/mol. The van der Waals surface area contributed by atoms with Crippen LogP contribution in [-0.4, -0.2) is 29.5 Å². The number of nitrogens with one attached hydrogen (secondary N) is 1. The zero-order chi connectivity index (χ0) is 14.4. The Kier molecular flexibility index (Phi) is 2.44. The molecule has 0 spiro atoms. The van der Waals surface area contributed by atoms with E-state index in [0.29, 0.717) is 0 Å². The summed E-state index contributed by atoms with van der Waals surface area (Å²) in [6.45, 7) is 1.98. The predicted octanol–water partition coefficient (Wildman–Crippen LogP) is 2.46. The third-order valence-electron chi connectivity index (χ3n) is 3.48. The molecular formula is C15H14N6. The van der Waals surface area contributed by atoms with Gasteiger partial charge in [-0.25, -0.2) is 9.67 Å². The van der Waals surface area contributed by atoms with Crippen LogP contribution >= 0.6 is 0 Å². The highest BCUT2D eigenvalue weighted by Crippen LogP contribution is 2.24. The molecule has 0 fully saturated rings. The topological polar surface area (TPSA) is 64.3 Å². The minimum atomic E-state index is 0.809. The van der Waals surface area contributed by atoms with Crippen molar-refractivity contribution in [3.63, 3.8) is 0 Å². The zero-order valence-corrected chi connectivity index (χ0v) is 11.8. The normalized spacial score (nSPS) is 11.3. The quantitative estimate of drug-likeness (QED) is 0.612. The molecule has 1 N–H and O–H groups in total. The van der Waals surface area contributed by atoms with E-state index in [9.17, 15) is 0 Å². The lowest BCUT2D eigenvalue weighted by molar-refractivity contribution is 0.768. The number of aryl methyl sites for hydroxylation is 2.